The number of pyridine rings is 1. The number of hydrogen-bond donors (Lipinski definition) is 1. The summed E-state index contributed by atoms with van der Waals surface area (Å²) in [5.74, 6) is 1.38. The van der Waals surface area contributed by atoms with Gasteiger partial charge in [0.15, 0.2) is 0 Å². The molecule has 0 bridgehead atoms. The predicted octanol–water partition coefficient (Wildman–Crippen LogP) is 3.21. The lowest BCUT2D eigenvalue weighted by Gasteiger charge is -2.36. The summed E-state index contributed by atoms with van der Waals surface area (Å²) in [5, 5.41) is 3.00. The number of nitrogens with one attached hydrogen (secondary N) is 1. The number of carbonyl (C=O) groups excluding carboxylic acids is 1. The lowest BCUT2D eigenvalue weighted by molar-refractivity contribution is 0.194. The number of piperazine rings is 1. The molecule has 1 N–H and O–H groups in total. The Labute approximate surface area is 166 Å². The second kappa shape index (κ2) is 8.50. The first-order chi connectivity index (χ1) is 13.7. The van der Waals surface area contributed by atoms with E-state index in [4.69, 9.17) is 4.74 Å². The number of aromatic nitrogens is 1. The largest absolute Gasteiger partial charge is 0.477 e. The fourth-order valence-electron chi connectivity index (χ4n) is 3.37. The highest BCUT2D eigenvalue weighted by Gasteiger charge is 2.22. The number of aryl methyl sites for hydroxylation is 1. The maximum absolute atomic E-state index is 12.5. The number of benzene rings is 1. The fourth-order valence-corrected chi connectivity index (χ4v) is 3.37. The number of ether oxygens (including phenoxy) is 1. The molecule has 148 valence electrons. The van der Waals surface area contributed by atoms with Gasteiger partial charge in [0.05, 0.1) is 6.61 Å². The van der Waals surface area contributed by atoms with E-state index in [-0.39, 0.29) is 6.03 Å². The van der Waals surface area contributed by atoms with Crippen molar-refractivity contribution in [3.05, 3.63) is 53.7 Å². The third-order valence-electron chi connectivity index (χ3n) is 5.34. The summed E-state index contributed by atoms with van der Waals surface area (Å²) in [6.07, 6.45) is 4.31. The molecule has 2 aliphatic rings. The zero-order valence-corrected chi connectivity index (χ0v) is 16.4. The van der Waals surface area contributed by atoms with E-state index >= 15 is 0 Å². The summed E-state index contributed by atoms with van der Waals surface area (Å²) >= 11 is 0. The van der Waals surface area contributed by atoms with Crippen molar-refractivity contribution in [3.63, 3.8) is 0 Å². The van der Waals surface area contributed by atoms with Crippen LogP contribution in [0, 0.1) is 12.8 Å². The maximum Gasteiger partial charge on any atom is 0.317 e. The Morgan fingerprint density at radius 3 is 2.68 bits per heavy atom. The van der Waals surface area contributed by atoms with Crippen molar-refractivity contribution in [1.29, 1.82) is 0 Å². The monoisotopic (exact) mass is 380 g/mol. The Morgan fingerprint density at radius 2 is 2.00 bits per heavy atom. The SMILES string of the molecule is Cc1cccc(N2CCN(C(=O)NCc3ccc(OCC4CC4)nc3)CC2)c1. The van der Waals surface area contributed by atoms with Gasteiger partial charge in [0.25, 0.3) is 0 Å². The molecule has 2 aromatic rings. The molecule has 1 aromatic heterocycles. The molecule has 4 rings (SSSR count). The van der Waals surface area contributed by atoms with Gasteiger partial charge in [-0.1, -0.05) is 18.2 Å². The Hall–Kier alpha value is -2.76. The molecule has 0 radical (unpaired) electrons. The molecule has 1 saturated carbocycles. The van der Waals surface area contributed by atoms with Crippen LogP contribution in [0.3, 0.4) is 0 Å². The number of urea groups is 1. The molecule has 2 heterocycles. The molecule has 1 aliphatic heterocycles. The van der Waals surface area contributed by atoms with Gasteiger partial charge in [-0.15, -0.1) is 0 Å². The Kier molecular flexibility index (Phi) is 5.65. The molecule has 2 amide bonds. The van der Waals surface area contributed by atoms with Crippen LogP contribution in [0.5, 0.6) is 5.88 Å². The summed E-state index contributed by atoms with van der Waals surface area (Å²) in [7, 11) is 0. The van der Waals surface area contributed by atoms with Gasteiger partial charge in [-0.2, -0.15) is 0 Å². The van der Waals surface area contributed by atoms with Crippen LogP contribution in [-0.2, 0) is 6.54 Å². The first-order valence-electron chi connectivity index (χ1n) is 10.1. The molecule has 1 aliphatic carbocycles. The summed E-state index contributed by atoms with van der Waals surface area (Å²) in [4.78, 5) is 21.0. The second-order valence-corrected chi connectivity index (χ2v) is 7.73. The van der Waals surface area contributed by atoms with Gasteiger partial charge in [-0.05, 0) is 48.9 Å². The third kappa shape index (κ3) is 4.94. The zero-order valence-electron chi connectivity index (χ0n) is 16.4. The third-order valence-corrected chi connectivity index (χ3v) is 5.34. The minimum atomic E-state index is -0.0158. The summed E-state index contributed by atoms with van der Waals surface area (Å²) in [6, 6.07) is 12.3. The van der Waals surface area contributed by atoms with Gasteiger partial charge >= 0.3 is 6.03 Å². The first-order valence-corrected chi connectivity index (χ1v) is 10.1. The average Bonchev–Trinajstić information content (AvgIpc) is 3.56. The van der Waals surface area contributed by atoms with E-state index in [1.165, 1.54) is 24.1 Å². The molecule has 2 fully saturated rings. The van der Waals surface area contributed by atoms with Crippen LogP contribution in [0.25, 0.3) is 0 Å². The zero-order chi connectivity index (χ0) is 19.3. The van der Waals surface area contributed by atoms with E-state index in [0.717, 1.165) is 38.3 Å². The smallest absolute Gasteiger partial charge is 0.317 e. The molecule has 6 heteroatoms. The lowest BCUT2D eigenvalue weighted by atomic mass is 10.2. The van der Waals surface area contributed by atoms with Crippen LogP contribution in [0.4, 0.5) is 10.5 Å². The van der Waals surface area contributed by atoms with Crippen molar-refractivity contribution >= 4 is 11.7 Å². The van der Waals surface area contributed by atoms with E-state index in [0.29, 0.717) is 18.3 Å². The summed E-state index contributed by atoms with van der Waals surface area (Å²) < 4.78 is 5.65. The van der Waals surface area contributed by atoms with E-state index in [1.54, 1.807) is 6.20 Å². The number of carbonyl (C=O) groups is 1. The van der Waals surface area contributed by atoms with Gasteiger partial charge in [0.1, 0.15) is 0 Å². The van der Waals surface area contributed by atoms with Gasteiger partial charge in [-0.25, -0.2) is 9.78 Å². The van der Waals surface area contributed by atoms with Crippen LogP contribution in [0.1, 0.15) is 24.0 Å². The highest BCUT2D eigenvalue weighted by molar-refractivity contribution is 5.74. The van der Waals surface area contributed by atoms with Crippen LogP contribution in [0.2, 0.25) is 0 Å². The summed E-state index contributed by atoms with van der Waals surface area (Å²) in [6.45, 7) is 6.51. The molecule has 0 unspecified atom stereocenters. The molecule has 1 saturated heterocycles. The normalized spacial score (nSPS) is 16.8. The minimum Gasteiger partial charge on any atom is -0.477 e. The van der Waals surface area contributed by atoms with Crippen LogP contribution in [0.15, 0.2) is 42.6 Å². The van der Waals surface area contributed by atoms with Crippen molar-refractivity contribution < 1.29 is 9.53 Å². The number of hydrogen-bond acceptors (Lipinski definition) is 4. The Balaban J connectivity index is 1.21. The lowest BCUT2D eigenvalue weighted by Crippen LogP contribution is -2.51. The van der Waals surface area contributed by atoms with Crippen LogP contribution < -0.4 is 15.0 Å². The molecule has 28 heavy (non-hydrogen) atoms. The van der Waals surface area contributed by atoms with Crippen molar-refractivity contribution in [2.24, 2.45) is 5.92 Å². The molecular formula is C22H28N4O2. The highest BCUT2D eigenvalue weighted by Crippen LogP contribution is 2.29. The highest BCUT2D eigenvalue weighted by atomic mass is 16.5. The number of amides is 2. The maximum atomic E-state index is 12.5. The van der Waals surface area contributed by atoms with Crippen LogP contribution >= 0.6 is 0 Å². The predicted molar refractivity (Wildman–Crippen MR) is 110 cm³/mol. The molecule has 1 aromatic carbocycles. The second-order valence-electron chi connectivity index (χ2n) is 7.73. The summed E-state index contributed by atoms with van der Waals surface area (Å²) in [5.41, 5.74) is 3.47. The van der Waals surface area contributed by atoms with E-state index < -0.39 is 0 Å². The molecular weight excluding hydrogens is 352 g/mol. The van der Waals surface area contributed by atoms with Gasteiger partial charge in [0, 0.05) is 50.7 Å². The van der Waals surface area contributed by atoms with E-state index in [2.05, 4.69) is 46.4 Å². The topological polar surface area (TPSA) is 57.7 Å². The van der Waals surface area contributed by atoms with Gasteiger partial charge in [0.2, 0.25) is 5.88 Å². The average molecular weight is 380 g/mol. The number of nitrogens with zero attached hydrogens (tertiary/aromatic N) is 3. The van der Waals surface area contributed by atoms with Crippen molar-refractivity contribution in [3.8, 4) is 5.88 Å². The molecule has 0 atom stereocenters. The van der Waals surface area contributed by atoms with Crippen molar-refractivity contribution in [2.45, 2.75) is 26.3 Å². The minimum absolute atomic E-state index is 0.0158. The Bertz CT molecular complexity index is 796. The first kappa shape index (κ1) is 18.6. The standard InChI is InChI=1S/C22H28N4O2/c1-17-3-2-4-20(13-17)25-9-11-26(12-10-25)22(27)24-15-19-7-8-21(23-14-19)28-16-18-5-6-18/h2-4,7-8,13-14,18H,5-6,9-12,15-16H2,1H3,(H,24,27). The van der Waals surface area contributed by atoms with E-state index in [1.807, 2.05) is 17.0 Å². The van der Waals surface area contributed by atoms with E-state index in [9.17, 15) is 4.79 Å². The fraction of sp³-hybridized carbons (Fsp3) is 0.455. The van der Waals surface area contributed by atoms with Crippen molar-refractivity contribution in [1.82, 2.24) is 15.2 Å². The van der Waals surface area contributed by atoms with Gasteiger partial charge in [-0.3, -0.25) is 0 Å². The number of anilines is 1. The molecule has 6 nitrogen and oxygen atoms in total. The van der Waals surface area contributed by atoms with Crippen LogP contribution in [-0.4, -0.2) is 48.7 Å². The number of rotatable bonds is 6. The molecule has 0 spiro atoms. The Morgan fingerprint density at radius 1 is 1.18 bits per heavy atom. The van der Waals surface area contributed by atoms with Crippen molar-refractivity contribution in [2.75, 3.05) is 37.7 Å². The van der Waals surface area contributed by atoms with Gasteiger partial charge < -0.3 is 19.9 Å². The quantitative estimate of drug-likeness (QED) is 0.836.